The highest BCUT2D eigenvalue weighted by atomic mass is 16.3. The zero-order valence-electron chi connectivity index (χ0n) is 13.8. The van der Waals surface area contributed by atoms with Crippen molar-refractivity contribution in [2.24, 2.45) is 0 Å². The maximum atomic E-state index is 12.1. The van der Waals surface area contributed by atoms with Gasteiger partial charge in [-0.2, -0.15) is 0 Å². The van der Waals surface area contributed by atoms with E-state index in [1.165, 1.54) is 18.7 Å². The number of ketones is 1. The molecule has 0 heterocycles. The van der Waals surface area contributed by atoms with E-state index < -0.39 is 11.8 Å². The van der Waals surface area contributed by atoms with Gasteiger partial charge >= 0.3 is 0 Å². The second-order valence-corrected chi connectivity index (χ2v) is 5.19. The third-order valence-electron chi connectivity index (χ3n) is 3.27. The van der Waals surface area contributed by atoms with E-state index in [0.717, 1.165) is 6.08 Å². The molecule has 0 atom stereocenters. The lowest BCUT2D eigenvalue weighted by Crippen LogP contribution is -2.36. The number of rotatable bonds is 8. The molecule has 0 radical (unpaired) electrons. The van der Waals surface area contributed by atoms with Gasteiger partial charge in [-0.05, 0) is 38.1 Å². The molecule has 0 bridgehead atoms. The molecule has 0 aliphatic carbocycles. The van der Waals surface area contributed by atoms with Gasteiger partial charge in [0, 0.05) is 36.0 Å². The van der Waals surface area contributed by atoms with Crippen LogP contribution >= 0.6 is 0 Å². The van der Waals surface area contributed by atoms with Crippen molar-refractivity contribution in [1.82, 2.24) is 4.90 Å². The molecule has 24 heavy (non-hydrogen) atoms. The second-order valence-electron chi connectivity index (χ2n) is 5.19. The van der Waals surface area contributed by atoms with Crippen molar-refractivity contribution in [3.8, 4) is 0 Å². The molecule has 2 amide bonds. The summed E-state index contributed by atoms with van der Waals surface area (Å²) < 4.78 is 0. The van der Waals surface area contributed by atoms with Gasteiger partial charge in [0.05, 0.1) is 13.2 Å². The molecule has 0 saturated heterocycles. The maximum Gasteiger partial charge on any atom is 0.249 e. The van der Waals surface area contributed by atoms with Crippen LogP contribution < -0.4 is 5.32 Å². The van der Waals surface area contributed by atoms with Crippen LogP contribution in [0, 0.1) is 0 Å². The molecule has 1 aromatic carbocycles. The SMILES string of the molecule is CC(=O)c1ccc(NC(=O)/C=C(/C)C(=O)N(CCO)CCO)cc1. The van der Waals surface area contributed by atoms with Crippen molar-refractivity contribution < 1.29 is 24.6 Å². The largest absolute Gasteiger partial charge is 0.395 e. The third kappa shape index (κ3) is 5.94. The fourth-order valence-electron chi connectivity index (χ4n) is 2.03. The highest BCUT2D eigenvalue weighted by molar-refractivity contribution is 6.06. The highest BCUT2D eigenvalue weighted by Gasteiger charge is 2.15. The predicted octanol–water partition coefficient (Wildman–Crippen LogP) is 0.587. The zero-order valence-corrected chi connectivity index (χ0v) is 13.8. The molecule has 130 valence electrons. The van der Waals surface area contributed by atoms with Gasteiger partial charge in [-0.1, -0.05) is 0 Å². The summed E-state index contributed by atoms with van der Waals surface area (Å²) >= 11 is 0. The number of carbonyl (C=O) groups is 3. The van der Waals surface area contributed by atoms with Crippen LogP contribution in [0.4, 0.5) is 5.69 Å². The lowest BCUT2D eigenvalue weighted by Gasteiger charge is -2.20. The number of hydrogen-bond donors (Lipinski definition) is 3. The van der Waals surface area contributed by atoms with Gasteiger partial charge in [-0.3, -0.25) is 14.4 Å². The Morgan fingerprint density at radius 2 is 1.58 bits per heavy atom. The minimum absolute atomic E-state index is 0.0675. The van der Waals surface area contributed by atoms with Crippen LogP contribution in [0.5, 0.6) is 0 Å². The highest BCUT2D eigenvalue weighted by Crippen LogP contribution is 2.10. The molecule has 3 N–H and O–H groups in total. The van der Waals surface area contributed by atoms with E-state index in [9.17, 15) is 14.4 Å². The average Bonchev–Trinajstić information content (AvgIpc) is 2.54. The Hall–Kier alpha value is -2.51. The minimum atomic E-state index is -0.482. The smallest absolute Gasteiger partial charge is 0.249 e. The first-order valence-corrected chi connectivity index (χ1v) is 7.50. The van der Waals surface area contributed by atoms with E-state index in [2.05, 4.69) is 5.32 Å². The first-order valence-electron chi connectivity index (χ1n) is 7.50. The second kappa shape index (κ2) is 9.59. The molecule has 0 fully saturated rings. The monoisotopic (exact) mass is 334 g/mol. The van der Waals surface area contributed by atoms with Gasteiger partial charge in [-0.15, -0.1) is 0 Å². The van der Waals surface area contributed by atoms with Gasteiger partial charge in [0.1, 0.15) is 0 Å². The number of anilines is 1. The van der Waals surface area contributed by atoms with Crippen molar-refractivity contribution in [3.63, 3.8) is 0 Å². The Balaban J connectivity index is 2.74. The molecule has 0 aromatic heterocycles. The molecule has 1 rings (SSSR count). The number of Topliss-reactive ketones (excluding diaryl/α,β-unsaturated/α-hetero) is 1. The Kier molecular flexibility index (Phi) is 7.81. The van der Waals surface area contributed by atoms with E-state index in [4.69, 9.17) is 10.2 Å². The summed E-state index contributed by atoms with van der Waals surface area (Å²) in [5.74, 6) is -0.980. The summed E-state index contributed by atoms with van der Waals surface area (Å²) in [4.78, 5) is 36.6. The number of aliphatic hydroxyl groups is 2. The van der Waals surface area contributed by atoms with E-state index in [0.29, 0.717) is 11.3 Å². The molecular formula is C17H22N2O5. The van der Waals surface area contributed by atoms with Crippen molar-refractivity contribution in [2.75, 3.05) is 31.6 Å². The van der Waals surface area contributed by atoms with Crippen LogP contribution in [-0.2, 0) is 9.59 Å². The molecule has 0 saturated carbocycles. The summed E-state index contributed by atoms with van der Waals surface area (Å²) in [6.45, 7) is 2.65. The number of carbonyl (C=O) groups excluding carboxylic acids is 3. The van der Waals surface area contributed by atoms with Gasteiger partial charge < -0.3 is 20.4 Å². The average molecular weight is 334 g/mol. The Morgan fingerprint density at radius 3 is 2.04 bits per heavy atom. The van der Waals surface area contributed by atoms with Crippen LogP contribution in [0.1, 0.15) is 24.2 Å². The molecule has 0 aliphatic rings. The molecule has 7 nitrogen and oxygen atoms in total. The Labute approximate surface area is 140 Å². The van der Waals surface area contributed by atoms with Gasteiger partial charge in [0.25, 0.3) is 0 Å². The molecule has 0 unspecified atom stereocenters. The van der Waals surface area contributed by atoms with Crippen LogP contribution in [0.2, 0.25) is 0 Å². The number of aliphatic hydroxyl groups excluding tert-OH is 2. The first-order chi connectivity index (χ1) is 11.4. The van der Waals surface area contributed by atoms with Gasteiger partial charge in [0.2, 0.25) is 11.8 Å². The van der Waals surface area contributed by atoms with Crippen LogP contribution in [0.15, 0.2) is 35.9 Å². The van der Waals surface area contributed by atoms with E-state index in [1.54, 1.807) is 24.3 Å². The summed E-state index contributed by atoms with van der Waals surface area (Å²) in [6, 6.07) is 6.40. The fraction of sp³-hybridized carbons (Fsp3) is 0.353. The van der Waals surface area contributed by atoms with Gasteiger partial charge in [-0.25, -0.2) is 0 Å². The van der Waals surface area contributed by atoms with Crippen molar-refractivity contribution in [2.45, 2.75) is 13.8 Å². The topological polar surface area (TPSA) is 107 Å². The lowest BCUT2D eigenvalue weighted by atomic mass is 10.1. The van der Waals surface area contributed by atoms with E-state index in [1.807, 2.05) is 0 Å². The van der Waals surface area contributed by atoms with Crippen molar-refractivity contribution in [3.05, 3.63) is 41.5 Å². The Bertz CT molecular complexity index is 616. The summed E-state index contributed by atoms with van der Waals surface area (Å²) in [7, 11) is 0. The van der Waals surface area contributed by atoms with E-state index in [-0.39, 0.29) is 37.7 Å². The molecule has 0 aliphatic heterocycles. The summed E-state index contributed by atoms with van der Waals surface area (Å²) in [6.07, 6.45) is 1.16. The quantitative estimate of drug-likeness (QED) is 0.476. The van der Waals surface area contributed by atoms with Crippen molar-refractivity contribution >= 4 is 23.3 Å². The molecule has 7 heteroatoms. The first kappa shape index (κ1) is 19.5. The van der Waals surface area contributed by atoms with Gasteiger partial charge in [0.15, 0.2) is 5.78 Å². The summed E-state index contributed by atoms with van der Waals surface area (Å²) in [5, 5.41) is 20.5. The van der Waals surface area contributed by atoms with Crippen LogP contribution in [0.25, 0.3) is 0 Å². The Morgan fingerprint density at radius 1 is 1.04 bits per heavy atom. The zero-order chi connectivity index (χ0) is 18.1. The third-order valence-corrected chi connectivity index (χ3v) is 3.27. The summed E-state index contributed by atoms with van der Waals surface area (Å²) in [5.41, 5.74) is 1.23. The standard InChI is InChI=1S/C17H22N2O5/c1-12(17(24)19(7-9-20)8-10-21)11-16(23)18-15-5-3-14(4-6-15)13(2)22/h3-6,11,20-21H,7-10H2,1-2H3,(H,18,23)/b12-11-. The minimum Gasteiger partial charge on any atom is -0.395 e. The van der Waals surface area contributed by atoms with Crippen LogP contribution in [0.3, 0.4) is 0 Å². The maximum absolute atomic E-state index is 12.1. The molecule has 1 aromatic rings. The van der Waals surface area contributed by atoms with Crippen LogP contribution in [-0.4, -0.2) is 59.0 Å². The number of hydrogen-bond acceptors (Lipinski definition) is 5. The van der Waals surface area contributed by atoms with Crippen molar-refractivity contribution in [1.29, 1.82) is 0 Å². The normalized spacial score (nSPS) is 11.1. The number of benzene rings is 1. The van der Waals surface area contributed by atoms with E-state index >= 15 is 0 Å². The number of nitrogens with one attached hydrogen (secondary N) is 1. The number of nitrogens with zero attached hydrogens (tertiary/aromatic N) is 1. The molecular weight excluding hydrogens is 312 g/mol. The lowest BCUT2D eigenvalue weighted by molar-refractivity contribution is -0.128. The predicted molar refractivity (Wildman–Crippen MR) is 89.6 cm³/mol. The fourth-order valence-corrected chi connectivity index (χ4v) is 2.03. The molecule has 0 spiro atoms. The number of amides is 2.